The first-order valence-corrected chi connectivity index (χ1v) is 9.52. The molecule has 3 heterocycles. The number of hydrogen-bond acceptors (Lipinski definition) is 6. The van der Waals surface area contributed by atoms with Crippen LogP contribution in [0.2, 0.25) is 0 Å². The molecule has 7 heteroatoms. The van der Waals surface area contributed by atoms with Crippen LogP contribution in [0.15, 0.2) is 59.5 Å². The number of carbonyl (C=O) groups excluding carboxylic acids is 1. The highest BCUT2D eigenvalue weighted by Crippen LogP contribution is 2.22. The Morgan fingerprint density at radius 2 is 1.89 bits per heavy atom. The molecular formula is C21H23N5O2. The van der Waals surface area contributed by atoms with Gasteiger partial charge in [0.2, 0.25) is 0 Å². The summed E-state index contributed by atoms with van der Waals surface area (Å²) in [6.07, 6.45) is 6.78. The number of hydrogen-bond donors (Lipinski definition) is 2. The van der Waals surface area contributed by atoms with Crippen molar-refractivity contribution in [3.8, 4) is 0 Å². The van der Waals surface area contributed by atoms with Gasteiger partial charge in [0.05, 0.1) is 12.8 Å². The number of furan rings is 1. The van der Waals surface area contributed by atoms with Gasteiger partial charge in [0.1, 0.15) is 23.6 Å². The zero-order chi connectivity index (χ0) is 19.2. The molecule has 0 radical (unpaired) electrons. The summed E-state index contributed by atoms with van der Waals surface area (Å²) in [6.45, 7) is 2.68. The van der Waals surface area contributed by atoms with Crippen molar-refractivity contribution in [3.63, 3.8) is 0 Å². The second-order valence-corrected chi connectivity index (χ2v) is 6.77. The number of piperidine rings is 1. The minimum atomic E-state index is -0.269. The second kappa shape index (κ2) is 8.56. The molecule has 1 aliphatic heterocycles. The zero-order valence-electron chi connectivity index (χ0n) is 15.6. The van der Waals surface area contributed by atoms with Crippen LogP contribution in [0, 0.1) is 0 Å². The summed E-state index contributed by atoms with van der Waals surface area (Å²) in [5, 5.41) is 6.01. The molecule has 0 saturated carbocycles. The highest BCUT2D eigenvalue weighted by Gasteiger charge is 2.12. The van der Waals surface area contributed by atoms with E-state index in [0.29, 0.717) is 18.1 Å². The van der Waals surface area contributed by atoms with E-state index in [-0.39, 0.29) is 5.91 Å². The van der Waals surface area contributed by atoms with Gasteiger partial charge >= 0.3 is 0 Å². The van der Waals surface area contributed by atoms with Crippen molar-refractivity contribution in [2.75, 3.05) is 28.6 Å². The number of rotatable bonds is 6. The lowest BCUT2D eigenvalue weighted by Gasteiger charge is -2.28. The van der Waals surface area contributed by atoms with E-state index in [1.54, 1.807) is 12.3 Å². The van der Waals surface area contributed by atoms with Gasteiger partial charge in [-0.3, -0.25) is 4.79 Å². The van der Waals surface area contributed by atoms with E-state index in [2.05, 4.69) is 37.6 Å². The molecular weight excluding hydrogens is 354 g/mol. The van der Waals surface area contributed by atoms with Gasteiger partial charge in [-0.2, -0.15) is 0 Å². The van der Waals surface area contributed by atoms with Crippen LogP contribution >= 0.6 is 0 Å². The maximum atomic E-state index is 12.5. The minimum Gasteiger partial charge on any atom is -0.467 e. The SMILES string of the molecule is O=C(Nc1ccc(N2CCCCC2)cc1)c1cc(NCc2ccco2)ncn1. The van der Waals surface area contributed by atoms with E-state index in [1.165, 1.54) is 31.3 Å². The first-order valence-electron chi connectivity index (χ1n) is 9.52. The van der Waals surface area contributed by atoms with Crippen molar-refractivity contribution in [1.29, 1.82) is 0 Å². The first kappa shape index (κ1) is 18.0. The first-order chi connectivity index (χ1) is 13.8. The fraction of sp³-hybridized carbons (Fsp3) is 0.286. The van der Waals surface area contributed by atoms with E-state index in [9.17, 15) is 4.79 Å². The van der Waals surface area contributed by atoms with Crippen LogP contribution in [0.4, 0.5) is 17.2 Å². The summed E-state index contributed by atoms with van der Waals surface area (Å²) in [6, 6.07) is 13.3. The summed E-state index contributed by atoms with van der Waals surface area (Å²) in [7, 11) is 0. The largest absolute Gasteiger partial charge is 0.467 e. The lowest BCUT2D eigenvalue weighted by molar-refractivity contribution is 0.102. The number of nitrogens with zero attached hydrogens (tertiary/aromatic N) is 3. The normalized spacial score (nSPS) is 13.9. The molecule has 1 aliphatic rings. The Bertz CT molecular complexity index is 903. The number of anilines is 3. The number of nitrogens with one attached hydrogen (secondary N) is 2. The predicted octanol–water partition coefficient (Wildman–Crippen LogP) is 3.92. The molecule has 4 rings (SSSR count). The maximum Gasteiger partial charge on any atom is 0.274 e. The van der Waals surface area contributed by atoms with Crippen molar-refractivity contribution in [2.45, 2.75) is 25.8 Å². The molecule has 0 atom stereocenters. The van der Waals surface area contributed by atoms with E-state index < -0.39 is 0 Å². The molecule has 0 bridgehead atoms. The van der Waals surface area contributed by atoms with E-state index in [4.69, 9.17) is 4.42 Å². The van der Waals surface area contributed by atoms with Gasteiger partial charge in [0, 0.05) is 30.5 Å². The Hall–Kier alpha value is -3.35. The van der Waals surface area contributed by atoms with Gasteiger partial charge in [0.25, 0.3) is 5.91 Å². The summed E-state index contributed by atoms with van der Waals surface area (Å²) in [5.41, 5.74) is 2.25. The fourth-order valence-electron chi connectivity index (χ4n) is 3.27. The van der Waals surface area contributed by atoms with Crippen LogP contribution in [0.3, 0.4) is 0 Å². The Kier molecular flexibility index (Phi) is 5.51. The average molecular weight is 377 g/mol. The number of benzene rings is 1. The van der Waals surface area contributed by atoms with Crippen molar-refractivity contribution in [3.05, 3.63) is 66.5 Å². The fourth-order valence-corrected chi connectivity index (χ4v) is 3.27. The zero-order valence-corrected chi connectivity index (χ0v) is 15.6. The van der Waals surface area contributed by atoms with Gasteiger partial charge < -0.3 is 20.0 Å². The summed E-state index contributed by atoms with van der Waals surface area (Å²) >= 11 is 0. The van der Waals surface area contributed by atoms with Gasteiger partial charge in [-0.15, -0.1) is 0 Å². The maximum absolute atomic E-state index is 12.5. The van der Waals surface area contributed by atoms with Gasteiger partial charge in [-0.25, -0.2) is 9.97 Å². The van der Waals surface area contributed by atoms with E-state index in [1.807, 2.05) is 24.3 Å². The van der Waals surface area contributed by atoms with E-state index >= 15 is 0 Å². The van der Waals surface area contributed by atoms with Gasteiger partial charge in [0.15, 0.2) is 0 Å². The van der Waals surface area contributed by atoms with Gasteiger partial charge in [-0.05, 0) is 55.7 Å². The van der Waals surface area contributed by atoms with E-state index in [0.717, 1.165) is 24.5 Å². The van der Waals surface area contributed by atoms with Crippen LogP contribution in [0.1, 0.15) is 35.5 Å². The lowest BCUT2D eigenvalue weighted by Crippen LogP contribution is -2.29. The molecule has 0 aliphatic carbocycles. The number of carbonyl (C=O) groups is 1. The third-order valence-electron chi connectivity index (χ3n) is 4.77. The molecule has 2 aromatic heterocycles. The molecule has 0 spiro atoms. The second-order valence-electron chi connectivity index (χ2n) is 6.77. The topological polar surface area (TPSA) is 83.3 Å². The summed E-state index contributed by atoms with van der Waals surface area (Å²) in [4.78, 5) is 23.1. The lowest BCUT2D eigenvalue weighted by atomic mass is 10.1. The van der Waals surface area contributed by atoms with Gasteiger partial charge in [-0.1, -0.05) is 0 Å². The van der Waals surface area contributed by atoms with Crippen LogP contribution in [-0.4, -0.2) is 29.0 Å². The van der Waals surface area contributed by atoms with Crippen molar-refractivity contribution < 1.29 is 9.21 Å². The molecule has 28 heavy (non-hydrogen) atoms. The van der Waals surface area contributed by atoms with Crippen LogP contribution in [-0.2, 0) is 6.54 Å². The summed E-state index contributed by atoms with van der Waals surface area (Å²) in [5.74, 6) is 1.09. The van der Waals surface area contributed by atoms with Crippen LogP contribution < -0.4 is 15.5 Å². The Labute approximate surface area is 163 Å². The Morgan fingerprint density at radius 1 is 1.07 bits per heavy atom. The Balaban J connectivity index is 1.37. The quantitative estimate of drug-likeness (QED) is 0.677. The summed E-state index contributed by atoms with van der Waals surface area (Å²) < 4.78 is 5.28. The third kappa shape index (κ3) is 4.49. The highest BCUT2D eigenvalue weighted by molar-refractivity contribution is 6.03. The smallest absolute Gasteiger partial charge is 0.274 e. The molecule has 1 aromatic carbocycles. The molecule has 2 N–H and O–H groups in total. The predicted molar refractivity (Wildman–Crippen MR) is 109 cm³/mol. The third-order valence-corrected chi connectivity index (χ3v) is 4.77. The minimum absolute atomic E-state index is 0.269. The molecule has 1 fully saturated rings. The molecule has 0 unspecified atom stereocenters. The standard InChI is InChI=1S/C21H23N5O2/c27-21(19-13-20(24-15-23-19)22-14-18-5-4-12-28-18)25-16-6-8-17(9-7-16)26-10-2-1-3-11-26/h4-9,12-13,15H,1-3,10-11,14H2,(H,25,27)(H,22,23,24). The molecule has 1 amide bonds. The number of aromatic nitrogens is 2. The van der Waals surface area contributed by atoms with Crippen molar-refractivity contribution in [2.24, 2.45) is 0 Å². The van der Waals surface area contributed by atoms with Crippen molar-refractivity contribution >= 4 is 23.1 Å². The average Bonchev–Trinajstić information content (AvgIpc) is 3.27. The Morgan fingerprint density at radius 3 is 2.64 bits per heavy atom. The van der Waals surface area contributed by atoms with Crippen LogP contribution in [0.5, 0.6) is 0 Å². The highest BCUT2D eigenvalue weighted by atomic mass is 16.3. The molecule has 144 valence electrons. The van der Waals surface area contributed by atoms with Crippen molar-refractivity contribution in [1.82, 2.24) is 9.97 Å². The molecule has 7 nitrogen and oxygen atoms in total. The molecule has 3 aromatic rings. The van der Waals surface area contributed by atoms with Crippen LogP contribution in [0.25, 0.3) is 0 Å². The monoisotopic (exact) mass is 377 g/mol. The number of amides is 1. The molecule has 1 saturated heterocycles.